The molecule has 0 aliphatic carbocycles. The first-order chi connectivity index (χ1) is 11.6. The number of carbonyl (C=O) groups is 1. The maximum Gasteiger partial charge on any atom is 0.339 e. The molecule has 1 aromatic carbocycles. The first-order valence-corrected chi connectivity index (χ1v) is 9.10. The zero-order chi connectivity index (χ0) is 16.9. The second kappa shape index (κ2) is 7.85. The summed E-state index contributed by atoms with van der Waals surface area (Å²) in [6, 6.07) is 8.73. The molecule has 2 aromatic rings. The topological polar surface area (TPSA) is 69.9 Å². The van der Waals surface area contributed by atoms with E-state index in [1.807, 2.05) is 18.2 Å². The molecule has 6 nitrogen and oxygen atoms in total. The van der Waals surface area contributed by atoms with Gasteiger partial charge in [-0.2, -0.15) is 5.10 Å². The quantitative estimate of drug-likeness (QED) is 0.524. The summed E-state index contributed by atoms with van der Waals surface area (Å²) in [5, 5.41) is 6.60. The van der Waals surface area contributed by atoms with Crippen molar-refractivity contribution in [3.05, 3.63) is 45.0 Å². The molecule has 1 aliphatic rings. The van der Waals surface area contributed by atoms with Gasteiger partial charge in [-0.05, 0) is 47.0 Å². The van der Waals surface area contributed by atoms with Crippen LogP contribution in [-0.4, -0.2) is 25.3 Å². The van der Waals surface area contributed by atoms with E-state index in [0.29, 0.717) is 11.4 Å². The van der Waals surface area contributed by atoms with E-state index in [1.54, 1.807) is 12.1 Å². The molecule has 3 rings (SSSR count). The van der Waals surface area contributed by atoms with Crippen LogP contribution in [0.4, 0.5) is 16.4 Å². The zero-order valence-corrected chi connectivity index (χ0v) is 15.9. The van der Waals surface area contributed by atoms with Crippen molar-refractivity contribution in [1.29, 1.82) is 0 Å². The number of hydrogen-bond acceptors (Lipinski definition) is 4. The number of nitrogens with zero attached hydrogens (tertiary/aromatic N) is 2. The van der Waals surface area contributed by atoms with Gasteiger partial charge in [-0.25, -0.2) is 10.2 Å². The number of nitrogens with one attached hydrogen (secondary N) is 2. The summed E-state index contributed by atoms with van der Waals surface area (Å²) in [5.41, 5.74) is 3.09. The Morgan fingerprint density at radius 2 is 2.04 bits per heavy atom. The van der Waals surface area contributed by atoms with E-state index in [-0.39, 0.29) is 0 Å². The Morgan fingerprint density at radius 1 is 1.25 bits per heavy atom. The van der Waals surface area contributed by atoms with Gasteiger partial charge in [0.2, 0.25) is 5.88 Å². The summed E-state index contributed by atoms with van der Waals surface area (Å²) in [4.78, 5) is 14.0. The number of hydrazone groups is 1. The molecule has 126 valence electrons. The van der Waals surface area contributed by atoms with Crippen LogP contribution in [0.1, 0.15) is 18.6 Å². The van der Waals surface area contributed by atoms with Crippen molar-refractivity contribution in [3.8, 4) is 0 Å². The monoisotopic (exact) mass is 454 g/mol. The highest BCUT2D eigenvalue weighted by atomic mass is 79.9. The maximum atomic E-state index is 11.8. The van der Waals surface area contributed by atoms with Crippen molar-refractivity contribution >= 4 is 55.7 Å². The minimum absolute atomic E-state index is 0.422. The molecule has 2 amide bonds. The number of rotatable bonds is 4. The third kappa shape index (κ3) is 4.39. The number of anilines is 2. The largest absolute Gasteiger partial charge is 0.438 e. The number of amides is 2. The molecule has 0 saturated carbocycles. The van der Waals surface area contributed by atoms with Gasteiger partial charge < -0.3 is 14.6 Å². The van der Waals surface area contributed by atoms with Gasteiger partial charge in [-0.1, -0.05) is 22.0 Å². The normalized spacial score (nSPS) is 14.3. The van der Waals surface area contributed by atoms with Crippen LogP contribution in [0.3, 0.4) is 0 Å². The van der Waals surface area contributed by atoms with Crippen molar-refractivity contribution < 1.29 is 9.21 Å². The molecule has 1 saturated heterocycles. The summed E-state index contributed by atoms with van der Waals surface area (Å²) in [7, 11) is 0. The van der Waals surface area contributed by atoms with E-state index >= 15 is 0 Å². The molecule has 0 radical (unpaired) electrons. The second-order valence-electron chi connectivity index (χ2n) is 5.33. The van der Waals surface area contributed by atoms with Gasteiger partial charge >= 0.3 is 6.03 Å². The Morgan fingerprint density at radius 3 is 2.79 bits per heavy atom. The molecule has 0 atom stereocenters. The summed E-state index contributed by atoms with van der Waals surface area (Å²) < 4.78 is 7.55. The van der Waals surface area contributed by atoms with Crippen molar-refractivity contribution in [2.45, 2.75) is 12.8 Å². The van der Waals surface area contributed by atoms with E-state index in [0.717, 1.165) is 27.9 Å². The molecule has 2 heterocycles. The fourth-order valence-corrected chi connectivity index (χ4v) is 3.41. The molecule has 0 unspecified atom stereocenters. The van der Waals surface area contributed by atoms with E-state index in [4.69, 9.17) is 4.42 Å². The van der Waals surface area contributed by atoms with Gasteiger partial charge in [0.05, 0.1) is 10.7 Å². The smallest absolute Gasteiger partial charge is 0.339 e. The summed E-state index contributed by atoms with van der Waals surface area (Å²) in [6.45, 7) is 1.99. The minimum Gasteiger partial charge on any atom is -0.438 e. The van der Waals surface area contributed by atoms with Gasteiger partial charge in [0, 0.05) is 29.3 Å². The van der Waals surface area contributed by atoms with E-state index in [2.05, 4.69) is 52.6 Å². The molecule has 1 fully saturated rings. The van der Waals surface area contributed by atoms with Crippen LogP contribution in [0, 0.1) is 0 Å². The Labute approximate surface area is 156 Å². The minimum atomic E-state index is -0.422. The van der Waals surface area contributed by atoms with Gasteiger partial charge in [-0.15, -0.1) is 0 Å². The van der Waals surface area contributed by atoms with E-state index in [1.165, 1.54) is 19.1 Å². The highest BCUT2D eigenvalue weighted by Gasteiger charge is 2.19. The third-order valence-electron chi connectivity index (χ3n) is 3.52. The lowest BCUT2D eigenvalue weighted by atomic mass is 10.3. The van der Waals surface area contributed by atoms with Crippen molar-refractivity contribution in [3.63, 3.8) is 0 Å². The highest BCUT2D eigenvalue weighted by Crippen LogP contribution is 2.31. The molecule has 1 aliphatic heterocycles. The van der Waals surface area contributed by atoms with Crippen LogP contribution in [0.5, 0.6) is 0 Å². The van der Waals surface area contributed by atoms with Crippen molar-refractivity contribution in [1.82, 2.24) is 5.43 Å². The molecule has 0 spiro atoms. The SMILES string of the molecule is O=C(N/N=C/c1cc(Br)c(N2CCCC2)o1)Nc1cccc(Br)c1. The summed E-state index contributed by atoms with van der Waals surface area (Å²) in [6.07, 6.45) is 3.83. The number of halogens is 2. The van der Waals surface area contributed by atoms with Crippen molar-refractivity contribution in [2.24, 2.45) is 5.10 Å². The standard InChI is InChI=1S/C16H16Br2N4O2/c17-11-4-3-5-12(8-11)20-16(23)21-19-10-13-9-14(18)15(24-13)22-6-1-2-7-22/h3-5,8-10H,1-2,6-7H2,(H2,20,21,23)/b19-10+. The molecule has 0 bridgehead atoms. The fourth-order valence-electron chi connectivity index (χ4n) is 2.46. The van der Waals surface area contributed by atoms with E-state index < -0.39 is 6.03 Å². The maximum absolute atomic E-state index is 11.8. The van der Waals surface area contributed by atoms with Gasteiger partial charge in [0.25, 0.3) is 0 Å². The first kappa shape index (κ1) is 17.0. The highest BCUT2D eigenvalue weighted by molar-refractivity contribution is 9.10. The predicted molar refractivity (Wildman–Crippen MR) is 102 cm³/mol. The van der Waals surface area contributed by atoms with E-state index in [9.17, 15) is 4.79 Å². The predicted octanol–water partition coefficient (Wildman–Crippen LogP) is 4.56. The second-order valence-corrected chi connectivity index (χ2v) is 7.10. The molecule has 2 N–H and O–H groups in total. The number of furan rings is 1. The Kier molecular flexibility index (Phi) is 5.57. The van der Waals surface area contributed by atoms with Crippen LogP contribution in [0.25, 0.3) is 0 Å². The van der Waals surface area contributed by atoms with Crippen LogP contribution in [0.15, 0.2) is 48.8 Å². The first-order valence-electron chi connectivity index (χ1n) is 7.52. The molecule has 8 heteroatoms. The lowest BCUT2D eigenvalue weighted by Crippen LogP contribution is -2.24. The lowest BCUT2D eigenvalue weighted by Gasteiger charge is -2.13. The molecular weight excluding hydrogens is 440 g/mol. The van der Waals surface area contributed by atoms with Crippen LogP contribution in [0.2, 0.25) is 0 Å². The van der Waals surface area contributed by atoms with Gasteiger partial charge in [0.15, 0.2) is 5.76 Å². The number of urea groups is 1. The van der Waals surface area contributed by atoms with Crippen molar-refractivity contribution in [2.75, 3.05) is 23.3 Å². The Hall–Kier alpha value is -1.80. The number of hydrogen-bond donors (Lipinski definition) is 2. The van der Waals surface area contributed by atoms with Crippen LogP contribution < -0.4 is 15.6 Å². The average Bonchev–Trinajstić information content (AvgIpc) is 3.16. The molecule has 24 heavy (non-hydrogen) atoms. The average molecular weight is 456 g/mol. The van der Waals surface area contributed by atoms with Gasteiger partial charge in [-0.3, -0.25) is 0 Å². The summed E-state index contributed by atoms with van der Waals surface area (Å²) >= 11 is 6.85. The van der Waals surface area contributed by atoms with Gasteiger partial charge in [0.1, 0.15) is 0 Å². The number of benzene rings is 1. The summed E-state index contributed by atoms with van der Waals surface area (Å²) in [5.74, 6) is 1.39. The third-order valence-corrected chi connectivity index (χ3v) is 4.58. The molecule has 1 aromatic heterocycles. The number of carbonyl (C=O) groups excluding carboxylic acids is 1. The van der Waals surface area contributed by atoms with Crippen LogP contribution >= 0.6 is 31.9 Å². The van der Waals surface area contributed by atoms with Crippen LogP contribution in [-0.2, 0) is 0 Å². The fraction of sp³-hybridized carbons (Fsp3) is 0.250. The molecular formula is C16H16Br2N4O2. The Bertz CT molecular complexity index is 754. The zero-order valence-electron chi connectivity index (χ0n) is 12.8. The Balaban J connectivity index is 1.56. The lowest BCUT2D eigenvalue weighted by molar-refractivity contribution is 0.252.